The lowest BCUT2D eigenvalue weighted by molar-refractivity contribution is -0.123. The molecule has 1 fully saturated rings. The van der Waals surface area contributed by atoms with Gasteiger partial charge in [0.25, 0.3) is 11.1 Å². The summed E-state index contributed by atoms with van der Waals surface area (Å²) in [6, 6.07) is 27.1. The van der Waals surface area contributed by atoms with Crippen LogP contribution in [-0.2, 0) is 17.9 Å². The van der Waals surface area contributed by atoms with Gasteiger partial charge in [-0.25, -0.2) is 0 Å². The average molecular weight is 565 g/mol. The fourth-order valence-electron chi connectivity index (χ4n) is 3.90. The van der Waals surface area contributed by atoms with E-state index in [0.717, 1.165) is 38.3 Å². The molecule has 4 nitrogen and oxygen atoms in total. The van der Waals surface area contributed by atoms with Crippen molar-refractivity contribution in [2.75, 3.05) is 0 Å². The minimum atomic E-state index is -0.313. The van der Waals surface area contributed by atoms with Crippen LogP contribution in [0.1, 0.15) is 16.7 Å². The molecular weight excluding hydrogens is 546 g/mol. The maximum Gasteiger partial charge on any atom is 0.293 e. The lowest BCUT2D eigenvalue weighted by atomic mass is 10.1. The SMILES string of the molecule is O=C1S/C(=C\c2ccc(OCc3cccc4ccccc34)c(Br)c2)C(=O)N1Cc1cccc(Cl)c1. The molecule has 1 aliphatic rings. The predicted octanol–water partition coefficient (Wildman–Crippen LogP) is 8.07. The van der Waals surface area contributed by atoms with Crippen LogP contribution in [0.15, 0.2) is 94.3 Å². The fourth-order valence-corrected chi connectivity index (χ4v) is 5.47. The normalized spacial score (nSPS) is 14.8. The van der Waals surface area contributed by atoms with Gasteiger partial charge in [-0.2, -0.15) is 0 Å². The van der Waals surface area contributed by atoms with E-state index >= 15 is 0 Å². The van der Waals surface area contributed by atoms with E-state index in [9.17, 15) is 9.59 Å². The zero-order valence-corrected chi connectivity index (χ0v) is 21.6. The number of carbonyl (C=O) groups is 2. The van der Waals surface area contributed by atoms with Crippen LogP contribution in [0.25, 0.3) is 16.8 Å². The molecule has 5 rings (SSSR count). The molecule has 4 aromatic rings. The second kappa shape index (κ2) is 10.3. The summed E-state index contributed by atoms with van der Waals surface area (Å²) in [4.78, 5) is 27.0. The first-order valence-electron chi connectivity index (χ1n) is 10.9. The Morgan fingerprint density at radius 2 is 1.74 bits per heavy atom. The van der Waals surface area contributed by atoms with E-state index in [4.69, 9.17) is 16.3 Å². The van der Waals surface area contributed by atoms with E-state index < -0.39 is 0 Å². The highest BCUT2D eigenvalue weighted by Gasteiger charge is 2.35. The zero-order valence-electron chi connectivity index (χ0n) is 18.4. The number of nitrogens with zero attached hydrogens (tertiary/aromatic N) is 1. The highest BCUT2D eigenvalue weighted by atomic mass is 79.9. The number of halogens is 2. The van der Waals surface area contributed by atoms with Crippen molar-refractivity contribution in [2.24, 2.45) is 0 Å². The van der Waals surface area contributed by atoms with Crippen molar-refractivity contribution in [3.8, 4) is 5.75 Å². The molecule has 174 valence electrons. The van der Waals surface area contributed by atoms with Crippen molar-refractivity contribution in [3.63, 3.8) is 0 Å². The molecule has 4 aromatic carbocycles. The zero-order chi connectivity index (χ0) is 24.4. The van der Waals surface area contributed by atoms with Gasteiger partial charge >= 0.3 is 0 Å². The third kappa shape index (κ3) is 5.30. The summed E-state index contributed by atoms with van der Waals surface area (Å²) in [6.07, 6.45) is 1.72. The number of ether oxygens (including phenoxy) is 1. The van der Waals surface area contributed by atoms with E-state index in [1.54, 1.807) is 24.3 Å². The minimum Gasteiger partial charge on any atom is -0.488 e. The van der Waals surface area contributed by atoms with E-state index in [0.29, 0.717) is 22.3 Å². The van der Waals surface area contributed by atoms with E-state index in [2.05, 4.69) is 40.2 Å². The Morgan fingerprint density at radius 3 is 2.57 bits per heavy atom. The van der Waals surface area contributed by atoms with Gasteiger partial charge in [-0.3, -0.25) is 14.5 Å². The van der Waals surface area contributed by atoms with Crippen molar-refractivity contribution >= 4 is 67.3 Å². The topological polar surface area (TPSA) is 46.6 Å². The van der Waals surface area contributed by atoms with Gasteiger partial charge in [-0.1, -0.05) is 72.3 Å². The predicted molar refractivity (Wildman–Crippen MR) is 145 cm³/mol. The standard InChI is InChI=1S/C28H19BrClNO3S/c29-24-14-18(11-12-25(24)34-17-21-8-4-7-20-6-1-2-10-23(20)21)15-26-27(32)31(28(33)35-26)16-19-5-3-9-22(30)13-19/h1-15H,16-17H2/b26-15-. The van der Waals surface area contributed by atoms with Crippen LogP contribution >= 0.6 is 39.3 Å². The molecule has 1 aliphatic heterocycles. The molecule has 0 spiro atoms. The number of hydrogen-bond donors (Lipinski definition) is 0. The van der Waals surface area contributed by atoms with Crippen LogP contribution in [-0.4, -0.2) is 16.0 Å². The maximum atomic E-state index is 12.9. The molecular formula is C28H19BrClNO3S. The number of amides is 2. The molecule has 35 heavy (non-hydrogen) atoms. The number of imide groups is 1. The average Bonchev–Trinajstić information content (AvgIpc) is 3.11. The van der Waals surface area contributed by atoms with E-state index in [1.165, 1.54) is 10.3 Å². The van der Waals surface area contributed by atoms with Crippen molar-refractivity contribution in [3.05, 3.63) is 116 Å². The highest BCUT2D eigenvalue weighted by Crippen LogP contribution is 2.35. The molecule has 1 saturated heterocycles. The number of carbonyl (C=O) groups excluding carboxylic acids is 2. The van der Waals surface area contributed by atoms with Gasteiger partial charge in [-0.15, -0.1) is 0 Å². The lowest BCUT2D eigenvalue weighted by Gasteiger charge is -2.12. The summed E-state index contributed by atoms with van der Waals surface area (Å²) >= 11 is 10.5. The van der Waals surface area contributed by atoms with Gasteiger partial charge in [0.2, 0.25) is 0 Å². The molecule has 0 aliphatic carbocycles. The number of benzene rings is 4. The number of fused-ring (bicyclic) bond motifs is 1. The molecule has 7 heteroatoms. The van der Waals surface area contributed by atoms with Crippen LogP contribution in [0, 0.1) is 0 Å². The van der Waals surface area contributed by atoms with E-state index in [-0.39, 0.29) is 17.7 Å². The lowest BCUT2D eigenvalue weighted by Crippen LogP contribution is -2.27. The quantitative estimate of drug-likeness (QED) is 0.222. The first-order chi connectivity index (χ1) is 17.0. The maximum absolute atomic E-state index is 12.9. The summed E-state index contributed by atoms with van der Waals surface area (Å²) in [5.74, 6) is 0.386. The Bertz CT molecular complexity index is 1480. The Labute approximate surface area is 220 Å². The minimum absolute atomic E-state index is 0.188. The van der Waals surface area contributed by atoms with Gasteiger partial charge in [0.05, 0.1) is 15.9 Å². The first kappa shape index (κ1) is 23.7. The molecule has 0 bridgehead atoms. The molecule has 0 unspecified atom stereocenters. The van der Waals surface area contributed by atoms with Crippen LogP contribution in [0.5, 0.6) is 5.75 Å². The molecule has 0 aromatic heterocycles. The Kier molecular flexibility index (Phi) is 6.95. The summed E-state index contributed by atoms with van der Waals surface area (Å²) < 4.78 is 6.84. The summed E-state index contributed by atoms with van der Waals surface area (Å²) in [7, 11) is 0. The van der Waals surface area contributed by atoms with Crippen molar-refractivity contribution in [2.45, 2.75) is 13.2 Å². The highest BCUT2D eigenvalue weighted by molar-refractivity contribution is 9.10. The van der Waals surface area contributed by atoms with Crippen LogP contribution in [0.2, 0.25) is 5.02 Å². The monoisotopic (exact) mass is 563 g/mol. The molecule has 2 amide bonds. The molecule has 0 N–H and O–H groups in total. The number of rotatable bonds is 6. The Hall–Kier alpha value is -3.06. The smallest absolute Gasteiger partial charge is 0.293 e. The summed E-state index contributed by atoms with van der Waals surface area (Å²) in [5, 5.41) is 2.61. The molecule has 0 atom stereocenters. The second-order valence-electron chi connectivity index (χ2n) is 8.01. The summed E-state index contributed by atoms with van der Waals surface area (Å²) in [5.41, 5.74) is 2.70. The molecule has 0 radical (unpaired) electrons. The third-order valence-electron chi connectivity index (χ3n) is 5.62. The third-order valence-corrected chi connectivity index (χ3v) is 7.38. The van der Waals surface area contributed by atoms with Crippen LogP contribution in [0.3, 0.4) is 0 Å². The Morgan fingerprint density at radius 1 is 0.943 bits per heavy atom. The molecule has 1 heterocycles. The van der Waals surface area contributed by atoms with Crippen molar-refractivity contribution in [1.82, 2.24) is 4.90 Å². The Balaban J connectivity index is 1.29. The van der Waals surface area contributed by atoms with Crippen molar-refractivity contribution in [1.29, 1.82) is 0 Å². The number of hydrogen-bond acceptors (Lipinski definition) is 4. The van der Waals surface area contributed by atoms with Gasteiger partial charge in [0.1, 0.15) is 12.4 Å². The van der Waals surface area contributed by atoms with Gasteiger partial charge in [0.15, 0.2) is 0 Å². The van der Waals surface area contributed by atoms with Crippen LogP contribution < -0.4 is 4.74 Å². The van der Waals surface area contributed by atoms with Gasteiger partial charge in [0, 0.05) is 5.02 Å². The summed E-state index contributed by atoms with van der Waals surface area (Å²) in [6.45, 7) is 0.620. The van der Waals surface area contributed by atoms with Gasteiger partial charge < -0.3 is 4.74 Å². The second-order valence-corrected chi connectivity index (χ2v) is 10.3. The first-order valence-corrected chi connectivity index (χ1v) is 12.9. The number of thioether (sulfide) groups is 1. The van der Waals surface area contributed by atoms with Gasteiger partial charge in [-0.05, 0) is 85.5 Å². The van der Waals surface area contributed by atoms with Crippen molar-refractivity contribution < 1.29 is 14.3 Å². The van der Waals surface area contributed by atoms with Crippen LogP contribution in [0.4, 0.5) is 4.79 Å². The fraction of sp³-hybridized carbons (Fsp3) is 0.0714. The van der Waals surface area contributed by atoms with E-state index in [1.807, 2.05) is 42.5 Å². The molecule has 0 saturated carbocycles. The largest absolute Gasteiger partial charge is 0.488 e.